The summed E-state index contributed by atoms with van der Waals surface area (Å²) in [4.78, 5) is 41.3. The highest BCUT2D eigenvalue weighted by Gasteiger charge is 2.33. The Kier molecular flexibility index (Phi) is 7.83. The van der Waals surface area contributed by atoms with Gasteiger partial charge in [-0.1, -0.05) is 42.2 Å². The molecule has 1 amide bonds. The zero-order valence-electron chi connectivity index (χ0n) is 22.0. The van der Waals surface area contributed by atoms with E-state index in [4.69, 9.17) is 26.4 Å². The molecule has 2 aliphatic rings. The van der Waals surface area contributed by atoms with Crippen molar-refractivity contribution in [1.82, 2.24) is 9.47 Å². The van der Waals surface area contributed by atoms with Crippen LogP contribution in [0.15, 0.2) is 52.2 Å². The monoisotopic (exact) mass is 589 g/mol. The van der Waals surface area contributed by atoms with E-state index >= 15 is 0 Å². The zero-order valence-corrected chi connectivity index (χ0v) is 23.6. The molecule has 208 valence electrons. The number of nitriles is 1. The third kappa shape index (κ3) is 5.41. The summed E-state index contributed by atoms with van der Waals surface area (Å²) < 4.78 is 17.1. The van der Waals surface area contributed by atoms with Crippen LogP contribution in [0.25, 0.3) is 6.08 Å². The normalized spacial score (nSPS) is 15.0. The Hall–Kier alpha value is -4.60. The molecule has 0 aliphatic carbocycles. The Labute approximate surface area is 244 Å². The topological polar surface area (TPSA) is 131 Å². The van der Waals surface area contributed by atoms with E-state index in [1.54, 1.807) is 43.5 Å². The second kappa shape index (κ2) is 11.5. The number of methoxy groups -OCH3 is 1. The number of aromatic nitrogens is 1. The first-order chi connectivity index (χ1) is 19.7. The van der Waals surface area contributed by atoms with Crippen LogP contribution in [0.5, 0.6) is 23.1 Å². The number of pyridine rings is 1. The molecule has 0 bridgehead atoms. The van der Waals surface area contributed by atoms with Gasteiger partial charge >= 0.3 is 0 Å². The van der Waals surface area contributed by atoms with Gasteiger partial charge in [-0.25, -0.2) is 0 Å². The van der Waals surface area contributed by atoms with Crippen LogP contribution >= 0.6 is 24.0 Å². The van der Waals surface area contributed by atoms with Crippen molar-refractivity contribution >= 4 is 46.1 Å². The van der Waals surface area contributed by atoms with Crippen LogP contribution in [0.2, 0.25) is 0 Å². The van der Waals surface area contributed by atoms with Gasteiger partial charge in [0.05, 0.1) is 24.1 Å². The minimum atomic E-state index is -0.725. The average molecular weight is 590 g/mol. The molecule has 0 radical (unpaired) electrons. The van der Waals surface area contributed by atoms with Crippen molar-refractivity contribution in [2.24, 2.45) is 0 Å². The molecule has 0 spiro atoms. The summed E-state index contributed by atoms with van der Waals surface area (Å²) >= 11 is 6.52. The Balaban J connectivity index is 1.37. The minimum absolute atomic E-state index is 0.0362. The predicted molar refractivity (Wildman–Crippen MR) is 155 cm³/mol. The van der Waals surface area contributed by atoms with E-state index < -0.39 is 17.2 Å². The Morgan fingerprint density at radius 1 is 1.20 bits per heavy atom. The second-order valence-corrected chi connectivity index (χ2v) is 10.8. The number of carbonyl (C=O) groups is 2. The lowest BCUT2D eigenvalue weighted by Crippen LogP contribution is -2.31. The molecule has 0 unspecified atom stereocenters. The highest BCUT2D eigenvalue weighted by atomic mass is 32.2. The van der Waals surface area contributed by atoms with Gasteiger partial charge in [0.1, 0.15) is 21.7 Å². The number of amides is 1. The minimum Gasteiger partial charge on any atom is -0.497 e. The van der Waals surface area contributed by atoms with Crippen LogP contribution in [0.3, 0.4) is 0 Å². The fourth-order valence-electron chi connectivity index (χ4n) is 4.54. The number of hydrogen-bond acceptors (Lipinski definition) is 10. The summed E-state index contributed by atoms with van der Waals surface area (Å²) in [5, 5.41) is 20.8. The Morgan fingerprint density at radius 3 is 2.63 bits per heavy atom. The zero-order chi connectivity index (χ0) is 29.3. The van der Waals surface area contributed by atoms with Crippen LogP contribution in [0, 0.1) is 18.3 Å². The van der Waals surface area contributed by atoms with Crippen molar-refractivity contribution in [1.29, 1.82) is 5.26 Å². The van der Waals surface area contributed by atoms with Gasteiger partial charge < -0.3 is 19.3 Å². The summed E-state index contributed by atoms with van der Waals surface area (Å²) in [7, 11) is 1.57. The SMILES string of the molecule is COc1ccc(/C=C2\SC(=S)N(CCC(=O)c3c(C)c(C#N)c(=O)n(Cc4ccc5c(c4)OCO5)c3O)C2=O)cc1. The lowest BCUT2D eigenvalue weighted by molar-refractivity contribution is -0.122. The molecule has 2 aliphatic heterocycles. The maximum atomic E-state index is 13.4. The van der Waals surface area contributed by atoms with Crippen molar-refractivity contribution in [3.8, 4) is 29.2 Å². The van der Waals surface area contributed by atoms with E-state index in [9.17, 15) is 24.8 Å². The van der Waals surface area contributed by atoms with E-state index in [1.165, 1.54) is 11.8 Å². The first kappa shape index (κ1) is 27.9. The number of hydrogen-bond donors (Lipinski definition) is 1. The van der Waals surface area contributed by atoms with Gasteiger partial charge in [0, 0.05) is 13.0 Å². The number of Topliss-reactive ketones (excluding diaryl/α,β-unsaturated/α-hetero) is 1. The summed E-state index contributed by atoms with van der Waals surface area (Å²) in [5.74, 6) is 0.299. The van der Waals surface area contributed by atoms with Gasteiger partial charge in [-0.15, -0.1) is 0 Å². The first-order valence-corrected chi connectivity index (χ1v) is 13.6. The van der Waals surface area contributed by atoms with E-state index in [1.807, 2.05) is 18.2 Å². The number of thiocarbonyl (C=S) groups is 1. The maximum Gasteiger partial charge on any atom is 0.271 e. The summed E-state index contributed by atoms with van der Waals surface area (Å²) in [5.41, 5.74) is 0.334. The largest absolute Gasteiger partial charge is 0.497 e. The van der Waals surface area contributed by atoms with Gasteiger partial charge in [0.15, 0.2) is 17.3 Å². The summed E-state index contributed by atoms with van der Waals surface area (Å²) in [6, 6.07) is 14.1. The number of ketones is 1. The van der Waals surface area contributed by atoms with E-state index in [2.05, 4.69) is 0 Å². The first-order valence-electron chi connectivity index (χ1n) is 12.4. The van der Waals surface area contributed by atoms with Gasteiger partial charge in [0.2, 0.25) is 12.7 Å². The van der Waals surface area contributed by atoms with Crippen LogP contribution in [-0.4, -0.2) is 51.0 Å². The summed E-state index contributed by atoms with van der Waals surface area (Å²) in [6.45, 7) is 1.37. The van der Waals surface area contributed by atoms with Crippen LogP contribution < -0.4 is 19.8 Å². The average Bonchev–Trinajstić information content (AvgIpc) is 3.53. The number of carbonyl (C=O) groups excluding carboxylic acids is 2. The van der Waals surface area contributed by atoms with Crippen LogP contribution in [-0.2, 0) is 11.3 Å². The third-order valence-corrected chi connectivity index (χ3v) is 8.08. The number of thioether (sulfide) groups is 1. The number of ether oxygens (including phenoxy) is 3. The highest BCUT2D eigenvalue weighted by Crippen LogP contribution is 2.35. The van der Waals surface area contributed by atoms with Crippen LogP contribution in [0.4, 0.5) is 0 Å². The van der Waals surface area contributed by atoms with Gasteiger partial charge in [-0.05, 0) is 54.0 Å². The van der Waals surface area contributed by atoms with Gasteiger partial charge in [-0.2, -0.15) is 5.26 Å². The molecule has 1 aromatic heterocycles. The van der Waals surface area contributed by atoms with Crippen molar-refractivity contribution in [2.45, 2.75) is 19.9 Å². The van der Waals surface area contributed by atoms with Crippen molar-refractivity contribution < 1.29 is 28.9 Å². The molecule has 1 fully saturated rings. The molecule has 41 heavy (non-hydrogen) atoms. The second-order valence-electron chi connectivity index (χ2n) is 9.17. The molecule has 3 aromatic rings. The van der Waals surface area contributed by atoms with Gasteiger partial charge in [-0.3, -0.25) is 23.9 Å². The Bertz CT molecular complexity index is 1720. The standard InChI is InChI=1S/C29H23N3O7S2/c1-16-20(13-30)26(34)32(14-18-5-8-22-23(11-18)39-15-38-22)28(36)25(16)21(33)9-10-31-27(35)24(41-29(31)40)12-17-3-6-19(37-2)7-4-17/h3-8,11-12,36H,9-10,14-15H2,1-2H3/b24-12-. The number of benzene rings is 2. The van der Waals surface area contributed by atoms with Crippen molar-refractivity contribution in [3.05, 3.63) is 85.5 Å². The maximum absolute atomic E-state index is 13.4. The number of aromatic hydroxyl groups is 1. The molecular weight excluding hydrogens is 566 g/mol. The van der Waals surface area contributed by atoms with E-state index in [-0.39, 0.29) is 48.9 Å². The van der Waals surface area contributed by atoms with Crippen molar-refractivity contribution in [3.63, 3.8) is 0 Å². The number of fused-ring (bicyclic) bond motifs is 1. The van der Waals surface area contributed by atoms with Crippen molar-refractivity contribution in [2.75, 3.05) is 20.4 Å². The lowest BCUT2D eigenvalue weighted by Gasteiger charge is -2.17. The molecule has 12 heteroatoms. The molecule has 10 nitrogen and oxygen atoms in total. The van der Waals surface area contributed by atoms with Crippen LogP contribution in [0.1, 0.15) is 39.0 Å². The molecular formula is C29H23N3O7S2. The summed E-state index contributed by atoms with van der Waals surface area (Å²) in [6.07, 6.45) is 1.52. The molecule has 1 N–H and O–H groups in total. The molecule has 5 rings (SSSR count). The lowest BCUT2D eigenvalue weighted by atomic mass is 9.99. The highest BCUT2D eigenvalue weighted by molar-refractivity contribution is 8.26. The molecule has 2 aromatic carbocycles. The third-order valence-electron chi connectivity index (χ3n) is 6.71. The van der Waals surface area contributed by atoms with E-state index in [0.717, 1.165) is 21.9 Å². The predicted octanol–water partition coefficient (Wildman–Crippen LogP) is 3.99. The van der Waals surface area contributed by atoms with Gasteiger partial charge in [0.25, 0.3) is 11.5 Å². The smallest absolute Gasteiger partial charge is 0.271 e. The quantitative estimate of drug-likeness (QED) is 0.234. The fourth-order valence-corrected chi connectivity index (χ4v) is 5.84. The molecule has 1 saturated heterocycles. The fraction of sp³-hybridized carbons (Fsp3) is 0.207. The number of rotatable bonds is 8. The molecule has 3 heterocycles. The molecule has 0 atom stereocenters. The van der Waals surface area contributed by atoms with E-state index in [0.29, 0.717) is 32.0 Å². The molecule has 0 saturated carbocycles. The number of nitrogens with zero attached hydrogens (tertiary/aromatic N) is 3. The Morgan fingerprint density at radius 2 is 1.93 bits per heavy atom.